The molecule has 9 heteroatoms. The van der Waals surface area contributed by atoms with Crippen molar-refractivity contribution in [3.05, 3.63) is 65.7 Å². The predicted molar refractivity (Wildman–Crippen MR) is 141 cm³/mol. The van der Waals surface area contributed by atoms with Crippen LogP contribution < -0.4 is 34.7 Å². The lowest BCUT2D eigenvalue weighted by Crippen LogP contribution is -2.13. The highest BCUT2D eigenvalue weighted by Gasteiger charge is 2.19. The van der Waals surface area contributed by atoms with E-state index in [0.29, 0.717) is 77.1 Å². The van der Waals surface area contributed by atoms with E-state index in [4.69, 9.17) is 29.4 Å². The highest BCUT2D eigenvalue weighted by molar-refractivity contribution is 6.10. The van der Waals surface area contributed by atoms with Crippen LogP contribution in [0.15, 0.2) is 54.6 Å². The van der Waals surface area contributed by atoms with Gasteiger partial charge in [0.1, 0.15) is 0 Å². The Morgan fingerprint density at radius 1 is 0.757 bits per heavy atom. The molecule has 0 spiro atoms. The average Bonchev–Trinajstić information content (AvgIpc) is 2.92. The summed E-state index contributed by atoms with van der Waals surface area (Å²) >= 11 is 0. The summed E-state index contributed by atoms with van der Waals surface area (Å²) in [5, 5.41) is 2.81. The van der Waals surface area contributed by atoms with Crippen molar-refractivity contribution in [1.82, 2.24) is 0 Å². The van der Waals surface area contributed by atoms with Gasteiger partial charge in [-0.3, -0.25) is 9.59 Å². The Kier molecular flexibility index (Phi) is 9.60. The van der Waals surface area contributed by atoms with Gasteiger partial charge >= 0.3 is 0 Å². The monoisotopic (exact) mass is 508 g/mol. The molecule has 3 aromatic rings. The number of hydrogen-bond acceptors (Lipinski definition) is 8. The van der Waals surface area contributed by atoms with E-state index in [1.807, 2.05) is 12.1 Å². The number of carbonyl (C=O) groups is 2. The first-order valence-corrected chi connectivity index (χ1v) is 11.7. The Morgan fingerprint density at radius 2 is 1.41 bits per heavy atom. The van der Waals surface area contributed by atoms with E-state index in [1.165, 1.54) is 28.4 Å². The lowest BCUT2D eigenvalue weighted by atomic mass is 10.0. The third-order valence-corrected chi connectivity index (χ3v) is 5.64. The van der Waals surface area contributed by atoms with Gasteiger partial charge in [-0.1, -0.05) is 12.1 Å². The van der Waals surface area contributed by atoms with Crippen LogP contribution in [0, 0.1) is 0 Å². The number of ketones is 1. The maximum absolute atomic E-state index is 13.3. The van der Waals surface area contributed by atoms with E-state index in [2.05, 4.69) is 5.32 Å². The molecular weight excluding hydrogens is 476 g/mol. The smallest absolute Gasteiger partial charge is 0.224 e. The lowest BCUT2D eigenvalue weighted by molar-refractivity contribution is -0.116. The van der Waals surface area contributed by atoms with Crippen LogP contribution in [0.25, 0.3) is 0 Å². The van der Waals surface area contributed by atoms with E-state index in [-0.39, 0.29) is 11.7 Å². The zero-order chi connectivity index (χ0) is 26.8. The molecule has 0 aliphatic heterocycles. The molecule has 0 atom stereocenters. The van der Waals surface area contributed by atoms with Crippen molar-refractivity contribution in [2.75, 3.05) is 46.1 Å². The summed E-state index contributed by atoms with van der Waals surface area (Å²) in [6.45, 7) is 0.346. The molecule has 0 unspecified atom stereocenters. The second kappa shape index (κ2) is 13.1. The predicted octanol–water partition coefficient (Wildman–Crippen LogP) is 4.72. The number of unbranched alkanes of at least 4 members (excludes halogenated alkanes) is 1. The summed E-state index contributed by atoms with van der Waals surface area (Å²) < 4.78 is 27.4. The van der Waals surface area contributed by atoms with Crippen molar-refractivity contribution in [2.45, 2.75) is 19.3 Å². The molecule has 3 aromatic carbocycles. The number of para-hydroxylation sites is 2. The van der Waals surface area contributed by atoms with Crippen molar-refractivity contribution >= 4 is 23.1 Å². The molecule has 0 heterocycles. The van der Waals surface area contributed by atoms with Crippen molar-refractivity contribution in [1.29, 1.82) is 0 Å². The molecule has 0 aliphatic carbocycles. The summed E-state index contributed by atoms with van der Waals surface area (Å²) in [5.74, 6) is 1.74. The molecule has 196 valence electrons. The van der Waals surface area contributed by atoms with Crippen molar-refractivity contribution in [3.8, 4) is 28.7 Å². The van der Waals surface area contributed by atoms with Gasteiger partial charge in [0, 0.05) is 17.5 Å². The Bertz CT molecular complexity index is 1220. The molecule has 0 fully saturated rings. The fourth-order valence-corrected chi connectivity index (χ4v) is 3.70. The van der Waals surface area contributed by atoms with E-state index in [0.717, 1.165) is 0 Å². The first-order valence-electron chi connectivity index (χ1n) is 11.7. The molecular formula is C28H32N2O7. The van der Waals surface area contributed by atoms with E-state index < -0.39 is 0 Å². The third-order valence-electron chi connectivity index (χ3n) is 5.64. The van der Waals surface area contributed by atoms with E-state index >= 15 is 0 Å². The highest BCUT2D eigenvalue weighted by atomic mass is 16.5. The zero-order valence-corrected chi connectivity index (χ0v) is 21.5. The minimum absolute atomic E-state index is 0.117. The lowest BCUT2D eigenvalue weighted by Gasteiger charge is -2.15. The van der Waals surface area contributed by atoms with Gasteiger partial charge in [0.15, 0.2) is 28.8 Å². The van der Waals surface area contributed by atoms with Gasteiger partial charge < -0.3 is 34.7 Å². The van der Waals surface area contributed by atoms with Gasteiger partial charge in [0.2, 0.25) is 11.7 Å². The number of hydrogen-bond donors (Lipinski definition) is 2. The normalized spacial score (nSPS) is 10.4. The van der Waals surface area contributed by atoms with Crippen LogP contribution in [-0.2, 0) is 4.79 Å². The van der Waals surface area contributed by atoms with Crippen LogP contribution in [0.2, 0.25) is 0 Å². The summed E-state index contributed by atoms with van der Waals surface area (Å²) in [7, 11) is 6.01. The SMILES string of the molecule is COc1ccc(C(=O)c2cc(OC)c(OC)c(OC)c2)cc1OCCCCC(=O)Nc1ccccc1N. The topological polar surface area (TPSA) is 118 Å². The second-order valence-corrected chi connectivity index (χ2v) is 8.05. The number of anilines is 2. The zero-order valence-electron chi connectivity index (χ0n) is 21.5. The minimum Gasteiger partial charge on any atom is -0.493 e. The standard InChI is InChI=1S/C28H32N2O7/c1-33-22-13-12-18(27(32)19-16-24(34-2)28(36-4)25(17-19)35-3)15-23(22)37-14-8-7-11-26(31)30-21-10-6-5-9-20(21)29/h5-6,9-10,12-13,15-17H,7-8,11,14,29H2,1-4H3,(H,30,31). The first-order chi connectivity index (χ1) is 17.9. The third kappa shape index (κ3) is 6.84. The van der Waals surface area contributed by atoms with Crippen LogP contribution in [0.5, 0.6) is 28.7 Å². The largest absolute Gasteiger partial charge is 0.493 e. The van der Waals surface area contributed by atoms with Crippen molar-refractivity contribution in [2.24, 2.45) is 0 Å². The van der Waals surface area contributed by atoms with Crippen LogP contribution in [0.4, 0.5) is 11.4 Å². The maximum Gasteiger partial charge on any atom is 0.224 e. The summed E-state index contributed by atoms with van der Waals surface area (Å²) in [6, 6.07) is 15.3. The number of amides is 1. The quantitative estimate of drug-likeness (QED) is 0.193. The maximum atomic E-state index is 13.3. The molecule has 0 aliphatic rings. The number of rotatable bonds is 13. The first kappa shape index (κ1) is 27.2. The van der Waals surface area contributed by atoms with Gasteiger partial charge in [-0.2, -0.15) is 0 Å². The van der Waals surface area contributed by atoms with Crippen molar-refractivity contribution < 1.29 is 33.3 Å². The summed E-state index contributed by atoms with van der Waals surface area (Å²) in [5.41, 5.74) is 7.76. The molecule has 3 N–H and O–H groups in total. The highest BCUT2D eigenvalue weighted by Crippen LogP contribution is 2.39. The van der Waals surface area contributed by atoms with Gasteiger partial charge in [0.05, 0.1) is 46.4 Å². The second-order valence-electron chi connectivity index (χ2n) is 8.05. The average molecular weight is 509 g/mol. The van der Waals surface area contributed by atoms with Crippen LogP contribution >= 0.6 is 0 Å². The Hall–Kier alpha value is -4.40. The molecule has 37 heavy (non-hydrogen) atoms. The Morgan fingerprint density at radius 3 is 2.03 bits per heavy atom. The van der Waals surface area contributed by atoms with E-state index in [1.54, 1.807) is 42.5 Å². The molecule has 3 rings (SSSR count). The fourth-order valence-electron chi connectivity index (χ4n) is 3.70. The fraction of sp³-hybridized carbons (Fsp3) is 0.286. The summed E-state index contributed by atoms with van der Waals surface area (Å²) in [6.07, 6.45) is 1.57. The number of benzene rings is 3. The number of nitrogens with two attached hydrogens (primary N) is 1. The van der Waals surface area contributed by atoms with Crippen LogP contribution in [0.3, 0.4) is 0 Å². The number of ether oxygens (including phenoxy) is 5. The Balaban J connectivity index is 1.63. The molecule has 0 saturated heterocycles. The molecule has 0 bridgehead atoms. The van der Waals surface area contributed by atoms with Gasteiger partial charge in [-0.25, -0.2) is 0 Å². The summed E-state index contributed by atoms with van der Waals surface area (Å²) in [4.78, 5) is 25.5. The van der Waals surface area contributed by atoms with Gasteiger partial charge in [0.25, 0.3) is 0 Å². The molecule has 1 amide bonds. The van der Waals surface area contributed by atoms with E-state index in [9.17, 15) is 9.59 Å². The Labute approximate surface area is 216 Å². The number of methoxy groups -OCH3 is 4. The van der Waals surface area contributed by atoms with Crippen LogP contribution in [0.1, 0.15) is 35.2 Å². The van der Waals surface area contributed by atoms with Gasteiger partial charge in [-0.15, -0.1) is 0 Å². The number of carbonyl (C=O) groups excluding carboxylic acids is 2. The molecule has 9 nitrogen and oxygen atoms in total. The van der Waals surface area contributed by atoms with Crippen LogP contribution in [-0.4, -0.2) is 46.7 Å². The molecule has 0 saturated carbocycles. The molecule has 0 aromatic heterocycles. The number of nitrogens with one attached hydrogen (secondary N) is 1. The number of nitrogen functional groups attached to an aromatic ring is 1. The van der Waals surface area contributed by atoms with Crippen molar-refractivity contribution in [3.63, 3.8) is 0 Å². The molecule has 0 radical (unpaired) electrons. The van der Waals surface area contributed by atoms with Gasteiger partial charge in [-0.05, 0) is 55.3 Å². The minimum atomic E-state index is -0.247.